The van der Waals surface area contributed by atoms with Gasteiger partial charge in [-0.2, -0.15) is 5.10 Å². The van der Waals surface area contributed by atoms with Crippen LogP contribution in [0, 0.1) is 5.82 Å². The van der Waals surface area contributed by atoms with Gasteiger partial charge in [-0.3, -0.25) is 4.79 Å². The molecule has 1 amide bonds. The van der Waals surface area contributed by atoms with Gasteiger partial charge in [0.05, 0.1) is 22.9 Å². The molecule has 6 rings (SSSR count). The molecular weight excluding hydrogens is 491 g/mol. The van der Waals surface area contributed by atoms with Crippen molar-refractivity contribution in [1.82, 2.24) is 34.5 Å². The summed E-state index contributed by atoms with van der Waals surface area (Å²) in [6.07, 6.45) is 2.21. The van der Waals surface area contributed by atoms with Crippen LogP contribution < -0.4 is 10.1 Å². The van der Waals surface area contributed by atoms with Gasteiger partial charge >= 0.3 is 0 Å². The predicted molar refractivity (Wildman–Crippen MR) is 135 cm³/mol. The van der Waals surface area contributed by atoms with Crippen molar-refractivity contribution in [3.8, 4) is 23.2 Å². The number of hydrogen-bond donors (Lipinski definition) is 2. The first-order chi connectivity index (χ1) is 18.2. The van der Waals surface area contributed by atoms with E-state index in [-0.39, 0.29) is 30.0 Å². The average Bonchev–Trinajstić information content (AvgIpc) is 3.55. The van der Waals surface area contributed by atoms with E-state index in [1.165, 1.54) is 17.7 Å². The molecule has 1 unspecified atom stereocenters. The van der Waals surface area contributed by atoms with Crippen molar-refractivity contribution >= 4 is 22.8 Å². The summed E-state index contributed by atoms with van der Waals surface area (Å²) >= 11 is 0. The van der Waals surface area contributed by atoms with Crippen LogP contribution in [0.1, 0.15) is 31.9 Å². The minimum Gasteiger partial charge on any atom is -0.447 e. The zero-order valence-corrected chi connectivity index (χ0v) is 20.8. The number of aliphatic hydroxyl groups is 1. The molecule has 0 fully saturated rings. The number of benzene rings is 1. The van der Waals surface area contributed by atoms with Crippen LogP contribution in [0.15, 0.2) is 54.9 Å². The molecule has 0 aliphatic carbocycles. The van der Waals surface area contributed by atoms with Crippen LogP contribution >= 0.6 is 0 Å². The van der Waals surface area contributed by atoms with Crippen molar-refractivity contribution in [2.24, 2.45) is 0 Å². The number of ether oxygens (including phenoxy) is 1. The van der Waals surface area contributed by atoms with E-state index >= 15 is 0 Å². The molecule has 4 aromatic heterocycles. The van der Waals surface area contributed by atoms with Crippen molar-refractivity contribution in [2.75, 3.05) is 5.32 Å². The lowest BCUT2D eigenvalue weighted by molar-refractivity contribution is -0.119. The number of nitrogens with zero attached hydrogens (tertiary/aromatic N) is 7. The number of rotatable bonds is 6. The average molecular weight is 515 g/mol. The molecule has 0 bridgehead atoms. The maximum Gasteiger partial charge on any atom is 0.235 e. The minimum atomic E-state index is -1.05. The van der Waals surface area contributed by atoms with Crippen LogP contribution in [0.2, 0.25) is 0 Å². The topological polar surface area (TPSA) is 133 Å². The highest BCUT2D eigenvalue weighted by Gasteiger charge is 2.43. The highest BCUT2D eigenvalue weighted by atomic mass is 19.1. The number of pyridine rings is 1. The van der Waals surface area contributed by atoms with Gasteiger partial charge in [-0.05, 0) is 39.0 Å². The quantitative estimate of drug-likeness (QED) is 0.330. The second kappa shape index (κ2) is 8.70. The number of aliphatic hydroxyl groups excluding tert-OH is 1. The van der Waals surface area contributed by atoms with E-state index in [0.717, 1.165) is 0 Å². The molecule has 2 N–H and O–H groups in total. The normalized spacial score (nSPS) is 14.9. The number of amides is 1. The highest BCUT2D eigenvalue weighted by Crippen LogP contribution is 2.41. The second-order valence-electron chi connectivity index (χ2n) is 9.46. The van der Waals surface area contributed by atoms with E-state index in [0.29, 0.717) is 39.5 Å². The fraction of sp³-hybridized carbons (Fsp3) is 0.231. The number of fused-ring (bicyclic) bond motifs is 2. The van der Waals surface area contributed by atoms with E-state index < -0.39 is 11.7 Å². The molecule has 11 nitrogen and oxygen atoms in total. The first kappa shape index (κ1) is 23.7. The van der Waals surface area contributed by atoms with Gasteiger partial charge in [-0.25, -0.2) is 28.7 Å². The number of nitrogens with one attached hydrogen (secondary N) is 1. The Kier molecular flexibility index (Phi) is 5.42. The lowest BCUT2D eigenvalue weighted by Gasteiger charge is -2.18. The second-order valence-corrected chi connectivity index (χ2v) is 9.46. The Morgan fingerprint density at radius 3 is 2.74 bits per heavy atom. The molecule has 1 aliphatic rings. The molecule has 12 heteroatoms. The van der Waals surface area contributed by atoms with Crippen molar-refractivity contribution in [3.05, 3.63) is 71.8 Å². The Morgan fingerprint density at radius 1 is 1.13 bits per heavy atom. The molecule has 5 heterocycles. The molecule has 1 aromatic carbocycles. The number of hydrogen-bond acceptors (Lipinski definition) is 8. The van der Waals surface area contributed by atoms with E-state index in [1.54, 1.807) is 61.3 Å². The van der Waals surface area contributed by atoms with Crippen LogP contribution in [0.25, 0.3) is 28.4 Å². The van der Waals surface area contributed by atoms with Crippen LogP contribution in [-0.4, -0.2) is 51.8 Å². The summed E-state index contributed by atoms with van der Waals surface area (Å²) < 4.78 is 22.8. The summed E-state index contributed by atoms with van der Waals surface area (Å²) in [6.45, 7) is 5.18. The maximum absolute atomic E-state index is 14.4. The zero-order valence-electron chi connectivity index (χ0n) is 20.8. The molecule has 0 radical (unpaired) electrons. The van der Waals surface area contributed by atoms with Crippen molar-refractivity contribution in [1.29, 1.82) is 0 Å². The zero-order chi connectivity index (χ0) is 26.6. The summed E-state index contributed by atoms with van der Waals surface area (Å²) in [6, 6.07) is 11.7. The lowest BCUT2D eigenvalue weighted by Crippen LogP contribution is -2.28. The van der Waals surface area contributed by atoms with Gasteiger partial charge in [-0.1, -0.05) is 18.2 Å². The summed E-state index contributed by atoms with van der Waals surface area (Å²) in [4.78, 5) is 26.8. The van der Waals surface area contributed by atoms with Crippen LogP contribution in [0.3, 0.4) is 0 Å². The maximum atomic E-state index is 14.4. The van der Waals surface area contributed by atoms with E-state index in [2.05, 4.69) is 20.4 Å². The van der Waals surface area contributed by atoms with Gasteiger partial charge in [0.1, 0.15) is 17.3 Å². The first-order valence-electron chi connectivity index (χ1n) is 11.9. The van der Waals surface area contributed by atoms with Crippen molar-refractivity contribution in [3.63, 3.8) is 0 Å². The smallest absolute Gasteiger partial charge is 0.235 e. The summed E-state index contributed by atoms with van der Waals surface area (Å²) in [5.74, 6) is 0.542. The Hall–Kier alpha value is -4.71. The van der Waals surface area contributed by atoms with Gasteiger partial charge in [0.25, 0.3) is 0 Å². The molecule has 38 heavy (non-hydrogen) atoms. The fourth-order valence-electron chi connectivity index (χ4n) is 4.50. The molecular formula is C26H23FN8O3. The molecule has 0 saturated carbocycles. The Labute approximate surface area is 215 Å². The molecule has 0 spiro atoms. The molecule has 192 valence electrons. The third-order valence-electron chi connectivity index (χ3n) is 6.38. The minimum absolute atomic E-state index is 0.154. The van der Waals surface area contributed by atoms with Gasteiger partial charge in [-0.15, -0.1) is 5.10 Å². The Morgan fingerprint density at radius 2 is 1.95 bits per heavy atom. The standard InChI is InChI=1S/C26H23FN8O3/c1-14(36)38-18-10-12-34(32-18)24-19-21(31-25(37)26(19,2)3)29-22(30-24)20-16-8-6-11-28-23(16)35(33-20)13-15-7-4-5-9-17(15)27/h4-12,14,36H,13H2,1-3H3,(H,29,30,31,37). The summed E-state index contributed by atoms with van der Waals surface area (Å²) in [5, 5.41) is 22.2. The number of carbonyl (C=O) groups is 1. The summed E-state index contributed by atoms with van der Waals surface area (Å²) in [7, 11) is 0. The van der Waals surface area contributed by atoms with E-state index in [9.17, 15) is 14.3 Å². The van der Waals surface area contributed by atoms with Gasteiger partial charge < -0.3 is 15.2 Å². The molecule has 0 saturated heterocycles. The highest BCUT2D eigenvalue weighted by molar-refractivity contribution is 6.06. The Balaban J connectivity index is 1.53. The van der Waals surface area contributed by atoms with Gasteiger partial charge in [0, 0.05) is 24.0 Å². The summed E-state index contributed by atoms with van der Waals surface area (Å²) in [5.41, 5.74) is 1.04. The van der Waals surface area contributed by atoms with Crippen molar-refractivity contribution < 1.29 is 19.0 Å². The van der Waals surface area contributed by atoms with E-state index in [4.69, 9.17) is 14.8 Å². The third-order valence-corrected chi connectivity index (χ3v) is 6.38. The lowest BCUT2D eigenvalue weighted by atomic mass is 9.87. The van der Waals surface area contributed by atoms with Gasteiger partial charge in [0.2, 0.25) is 11.8 Å². The van der Waals surface area contributed by atoms with Crippen LogP contribution in [0.4, 0.5) is 10.2 Å². The Bertz CT molecular complexity index is 1710. The van der Waals surface area contributed by atoms with E-state index in [1.807, 2.05) is 6.07 Å². The SMILES string of the molecule is CC(O)Oc1ccn(-c2nc(-c3nn(Cc4ccccc4F)c4ncccc34)nc3c2C(C)(C)C(=O)N3)n1. The number of anilines is 1. The van der Waals surface area contributed by atoms with Crippen LogP contribution in [-0.2, 0) is 16.8 Å². The molecule has 1 aliphatic heterocycles. The van der Waals surface area contributed by atoms with Gasteiger partial charge in [0.15, 0.2) is 23.6 Å². The monoisotopic (exact) mass is 514 g/mol. The number of aromatic nitrogens is 7. The number of carbonyl (C=O) groups excluding carboxylic acids is 1. The largest absolute Gasteiger partial charge is 0.447 e. The number of halogens is 1. The predicted octanol–water partition coefficient (Wildman–Crippen LogP) is 3.21. The molecule has 1 atom stereocenters. The fourth-order valence-corrected chi connectivity index (χ4v) is 4.50. The first-order valence-corrected chi connectivity index (χ1v) is 11.9. The third kappa shape index (κ3) is 3.86. The van der Waals surface area contributed by atoms with Crippen LogP contribution in [0.5, 0.6) is 5.88 Å². The van der Waals surface area contributed by atoms with Crippen molar-refractivity contribution in [2.45, 2.75) is 39.0 Å². The molecule has 5 aromatic rings.